The lowest BCUT2D eigenvalue weighted by molar-refractivity contribution is 0.102. The predicted octanol–water partition coefficient (Wildman–Crippen LogP) is 2.81. The van der Waals surface area contributed by atoms with Crippen molar-refractivity contribution in [2.75, 3.05) is 36.5 Å². The summed E-state index contributed by atoms with van der Waals surface area (Å²) in [6.07, 6.45) is 6.77. The van der Waals surface area contributed by atoms with E-state index >= 15 is 0 Å². The number of morpholine rings is 1. The second-order valence-corrected chi connectivity index (χ2v) is 6.61. The van der Waals surface area contributed by atoms with Crippen LogP contribution in [-0.4, -0.2) is 47.2 Å². The van der Waals surface area contributed by atoms with Gasteiger partial charge in [0.15, 0.2) is 0 Å². The fourth-order valence-electron chi connectivity index (χ4n) is 2.92. The van der Waals surface area contributed by atoms with Crippen LogP contribution in [-0.2, 0) is 4.74 Å². The second-order valence-electron chi connectivity index (χ2n) is 5.70. The predicted molar refractivity (Wildman–Crippen MR) is 99.0 cm³/mol. The van der Waals surface area contributed by atoms with Crippen LogP contribution in [0.1, 0.15) is 10.4 Å². The van der Waals surface area contributed by atoms with Crippen LogP contribution in [0.15, 0.2) is 41.4 Å². The van der Waals surface area contributed by atoms with Gasteiger partial charge in [-0.05, 0) is 28.1 Å². The molecule has 7 nitrogen and oxygen atoms in total. The summed E-state index contributed by atoms with van der Waals surface area (Å²) in [7, 11) is 0. The van der Waals surface area contributed by atoms with E-state index in [-0.39, 0.29) is 5.91 Å². The number of pyridine rings is 2. The van der Waals surface area contributed by atoms with Crippen molar-refractivity contribution in [3.05, 3.63) is 47.0 Å². The molecule has 1 amide bonds. The minimum Gasteiger partial charge on any atom is -0.378 e. The third kappa shape index (κ3) is 3.22. The highest BCUT2D eigenvalue weighted by atomic mass is 79.9. The number of carbonyl (C=O) groups excluding carboxylic acids is 1. The summed E-state index contributed by atoms with van der Waals surface area (Å²) in [6.45, 7) is 2.93. The Morgan fingerprint density at radius 2 is 2.16 bits per heavy atom. The van der Waals surface area contributed by atoms with Crippen molar-refractivity contribution in [1.82, 2.24) is 15.0 Å². The average molecular weight is 402 g/mol. The Hall–Kier alpha value is -2.45. The number of H-pyrrole nitrogens is 1. The summed E-state index contributed by atoms with van der Waals surface area (Å²) in [6, 6.07) is 3.79. The number of anilines is 2. The van der Waals surface area contributed by atoms with Crippen molar-refractivity contribution in [3.8, 4) is 0 Å². The fraction of sp³-hybridized carbons (Fsp3) is 0.235. The molecule has 0 radical (unpaired) electrons. The van der Waals surface area contributed by atoms with E-state index in [0.29, 0.717) is 30.1 Å². The van der Waals surface area contributed by atoms with Gasteiger partial charge in [0.1, 0.15) is 5.65 Å². The molecule has 0 spiro atoms. The normalized spacial score (nSPS) is 14.7. The van der Waals surface area contributed by atoms with Gasteiger partial charge in [-0.3, -0.25) is 9.78 Å². The maximum absolute atomic E-state index is 12.8. The van der Waals surface area contributed by atoms with Crippen molar-refractivity contribution in [2.24, 2.45) is 0 Å². The van der Waals surface area contributed by atoms with Crippen LogP contribution >= 0.6 is 15.9 Å². The molecule has 0 aromatic carbocycles. The zero-order valence-corrected chi connectivity index (χ0v) is 14.9. The smallest absolute Gasteiger partial charge is 0.257 e. The van der Waals surface area contributed by atoms with Crippen molar-refractivity contribution in [1.29, 1.82) is 0 Å². The topological polar surface area (TPSA) is 83.1 Å². The third-order valence-corrected chi connectivity index (χ3v) is 4.57. The largest absolute Gasteiger partial charge is 0.378 e. The van der Waals surface area contributed by atoms with Crippen molar-refractivity contribution >= 4 is 44.2 Å². The zero-order valence-electron chi connectivity index (χ0n) is 13.3. The van der Waals surface area contributed by atoms with E-state index in [2.05, 4.69) is 41.1 Å². The van der Waals surface area contributed by atoms with Crippen LogP contribution < -0.4 is 10.2 Å². The third-order valence-electron chi connectivity index (χ3n) is 4.14. The van der Waals surface area contributed by atoms with E-state index < -0.39 is 0 Å². The molecule has 25 heavy (non-hydrogen) atoms. The number of nitrogens with one attached hydrogen (secondary N) is 2. The summed E-state index contributed by atoms with van der Waals surface area (Å²) in [4.78, 5) is 26.4. The van der Waals surface area contributed by atoms with Crippen LogP contribution in [0.3, 0.4) is 0 Å². The Bertz CT molecular complexity index is 920. The molecule has 1 aliphatic rings. The molecule has 0 saturated carbocycles. The molecule has 0 bridgehead atoms. The van der Waals surface area contributed by atoms with Gasteiger partial charge in [0, 0.05) is 41.5 Å². The molecule has 4 rings (SSSR count). The van der Waals surface area contributed by atoms with E-state index in [0.717, 1.165) is 28.6 Å². The number of nitrogens with zero attached hydrogens (tertiary/aromatic N) is 3. The van der Waals surface area contributed by atoms with Gasteiger partial charge in [0.2, 0.25) is 0 Å². The number of hydrogen-bond acceptors (Lipinski definition) is 5. The summed E-state index contributed by atoms with van der Waals surface area (Å²) in [5.74, 6) is -0.200. The molecule has 0 unspecified atom stereocenters. The van der Waals surface area contributed by atoms with Gasteiger partial charge in [-0.25, -0.2) is 4.98 Å². The first-order valence-electron chi connectivity index (χ1n) is 7.93. The number of halogens is 1. The SMILES string of the molecule is O=C(Nc1cnccc1N1CCOCC1)c1c[nH]c2ncc(Br)cc12. The highest BCUT2D eigenvalue weighted by Gasteiger charge is 2.18. The molecule has 4 heterocycles. The first kappa shape index (κ1) is 16.0. The fourth-order valence-corrected chi connectivity index (χ4v) is 3.25. The number of aromatic amines is 1. The Morgan fingerprint density at radius 1 is 1.32 bits per heavy atom. The van der Waals surface area contributed by atoms with Crippen molar-refractivity contribution in [3.63, 3.8) is 0 Å². The van der Waals surface area contributed by atoms with Crippen molar-refractivity contribution in [2.45, 2.75) is 0 Å². The van der Waals surface area contributed by atoms with E-state index in [1.807, 2.05) is 12.1 Å². The average Bonchev–Trinajstić information content (AvgIpc) is 3.06. The van der Waals surface area contributed by atoms with Gasteiger partial charge >= 0.3 is 0 Å². The Balaban J connectivity index is 1.63. The summed E-state index contributed by atoms with van der Waals surface area (Å²) in [5.41, 5.74) is 2.85. The summed E-state index contributed by atoms with van der Waals surface area (Å²) < 4.78 is 6.22. The maximum Gasteiger partial charge on any atom is 0.257 e. The minimum absolute atomic E-state index is 0.200. The van der Waals surface area contributed by atoms with E-state index in [4.69, 9.17) is 4.74 Å². The quantitative estimate of drug-likeness (QED) is 0.704. The first-order chi connectivity index (χ1) is 12.2. The van der Waals surface area contributed by atoms with Crippen LogP contribution in [0.25, 0.3) is 11.0 Å². The standard InChI is InChI=1S/C17H16BrN5O2/c18-11-7-12-13(9-21-16(12)20-8-11)17(24)22-14-10-19-2-1-15(14)23-3-5-25-6-4-23/h1-2,7-10H,3-6H2,(H,20,21)(H,22,24). The number of carbonyl (C=O) groups is 1. The molecule has 3 aromatic rings. The highest BCUT2D eigenvalue weighted by molar-refractivity contribution is 9.10. The zero-order chi connectivity index (χ0) is 17.2. The van der Waals surface area contributed by atoms with Gasteiger partial charge in [-0.15, -0.1) is 0 Å². The number of hydrogen-bond donors (Lipinski definition) is 2. The van der Waals surface area contributed by atoms with Crippen LogP contribution in [0.5, 0.6) is 0 Å². The lowest BCUT2D eigenvalue weighted by Crippen LogP contribution is -2.36. The molecule has 0 atom stereocenters. The molecule has 128 valence electrons. The monoisotopic (exact) mass is 401 g/mol. The van der Waals surface area contributed by atoms with Gasteiger partial charge in [-0.2, -0.15) is 0 Å². The molecule has 2 N–H and O–H groups in total. The number of rotatable bonds is 3. The first-order valence-corrected chi connectivity index (χ1v) is 8.72. The molecular formula is C17H16BrN5O2. The highest BCUT2D eigenvalue weighted by Crippen LogP contribution is 2.27. The summed E-state index contributed by atoms with van der Waals surface area (Å²) in [5, 5.41) is 3.74. The maximum atomic E-state index is 12.8. The minimum atomic E-state index is -0.200. The Morgan fingerprint density at radius 3 is 3.00 bits per heavy atom. The molecule has 3 aromatic heterocycles. The number of aromatic nitrogens is 3. The molecule has 0 aliphatic carbocycles. The van der Waals surface area contributed by atoms with Gasteiger partial charge in [0.25, 0.3) is 5.91 Å². The van der Waals surface area contributed by atoms with E-state index in [1.54, 1.807) is 24.8 Å². The Kier molecular flexibility index (Phi) is 4.37. The number of fused-ring (bicyclic) bond motifs is 1. The summed E-state index contributed by atoms with van der Waals surface area (Å²) >= 11 is 3.39. The van der Waals surface area contributed by atoms with Crippen LogP contribution in [0.4, 0.5) is 11.4 Å². The van der Waals surface area contributed by atoms with E-state index in [9.17, 15) is 4.79 Å². The van der Waals surface area contributed by atoms with Gasteiger partial charge in [-0.1, -0.05) is 0 Å². The van der Waals surface area contributed by atoms with Gasteiger partial charge in [0.05, 0.1) is 36.3 Å². The lowest BCUT2D eigenvalue weighted by Gasteiger charge is -2.30. The van der Waals surface area contributed by atoms with Gasteiger partial charge < -0.3 is 19.9 Å². The molecule has 1 saturated heterocycles. The van der Waals surface area contributed by atoms with Crippen LogP contribution in [0.2, 0.25) is 0 Å². The second kappa shape index (κ2) is 6.81. The molecule has 1 fully saturated rings. The molecular weight excluding hydrogens is 386 g/mol. The van der Waals surface area contributed by atoms with E-state index in [1.165, 1.54) is 0 Å². The number of amides is 1. The Labute approximate surface area is 152 Å². The number of ether oxygens (including phenoxy) is 1. The molecule has 1 aliphatic heterocycles. The van der Waals surface area contributed by atoms with Crippen molar-refractivity contribution < 1.29 is 9.53 Å². The lowest BCUT2D eigenvalue weighted by atomic mass is 10.2. The molecule has 8 heteroatoms. The van der Waals surface area contributed by atoms with Crippen LogP contribution in [0, 0.1) is 0 Å².